The molecule has 0 bridgehead atoms. The normalized spacial score (nSPS) is 24.3. The zero-order chi connectivity index (χ0) is 26.9. The van der Waals surface area contributed by atoms with Gasteiger partial charge in [-0.05, 0) is 73.6 Å². The second-order valence-corrected chi connectivity index (χ2v) is 11.9. The van der Waals surface area contributed by atoms with E-state index in [0.717, 1.165) is 68.5 Å². The predicted octanol–water partition coefficient (Wildman–Crippen LogP) is 6.16. The summed E-state index contributed by atoms with van der Waals surface area (Å²) in [6, 6.07) is 5.14. The zero-order valence-corrected chi connectivity index (χ0v) is 20.7. The molecule has 11 heteroatoms. The Labute approximate surface area is 216 Å². The van der Waals surface area contributed by atoms with Gasteiger partial charge in [0.25, 0.3) is 0 Å². The summed E-state index contributed by atoms with van der Waals surface area (Å²) < 4.78 is 76.4. The van der Waals surface area contributed by atoms with Crippen LogP contribution < -0.4 is 0 Å². The van der Waals surface area contributed by atoms with Crippen molar-refractivity contribution in [2.24, 2.45) is 16.7 Å². The molecule has 2 saturated carbocycles. The molecule has 0 N–H and O–H groups in total. The molecule has 2 saturated heterocycles. The van der Waals surface area contributed by atoms with Crippen LogP contribution in [0.15, 0.2) is 36.7 Å². The first-order valence-electron chi connectivity index (χ1n) is 12.9. The molecular formula is C27H28F6N4O. The lowest BCUT2D eigenvalue weighted by atomic mass is 9.56. The molecule has 2 aromatic rings. The number of rotatable bonds is 3. The van der Waals surface area contributed by atoms with Gasteiger partial charge >= 0.3 is 18.4 Å². The molecule has 2 aliphatic carbocycles. The molecule has 2 spiro atoms. The second-order valence-electron chi connectivity index (χ2n) is 11.9. The van der Waals surface area contributed by atoms with Crippen LogP contribution in [-0.4, -0.2) is 52.0 Å². The fourth-order valence-electron chi connectivity index (χ4n) is 7.13. The van der Waals surface area contributed by atoms with Gasteiger partial charge in [0.1, 0.15) is 11.4 Å². The highest BCUT2D eigenvalue weighted by atomic mass is 19.4. The summed E-state index contributed by atoms with van der Waals surface area (Å²) in [6.45, 7) is 2.81. The second kappa shape index (κ2) is 8.58. The first-order chi connectivity index (χ1) is 17.8. The average molecular weight is 539 g/mol. The summed E-state index contributed by atoms with van der Waals surface area (Å²) in [5.41, 5.74) is 0.0522. The number of pyridine rings is 2. The molecule has 4 aliphatic rings. The van der Waals surface area contributed by atoms with Gasteiger partial charge in [0.05, 0.1) is 0 Å². The number of halogens is 6. The number of carbonyl (C=O) groups is 1. The lowest BCUT2D eigenvalue weighted by Gasteiger charge is -2.61. The summed E-state index contributed by atoms with van der Waals surface area (Å²) in [4.78, 5) is 23.9. The van der Waals surface area contributed by atoms with Crippen LogP contribution in [0.5, 0.6) is 0 Å². The Morgan fingerprint density at radius 2 is 1.39 bits per heavy atom. The number of alkyl halides is 6. The third-order valence-corrected chi connectivity index (χ3v) is 9.00. The summed E-state index contributed by atoms with van der Waals surface area (Å²) in [5, 5.41) is 0. The third kappa shape index (κ3) is 4.62. The van der Waals surface area contributed by atoms with E-state index in [1.54, 1.807) is 0 Å². The maximum absolute atomic E-state index is 13.0. The molecule has 1 unspecified atom stereocenters. The van der Waals surface area contributed by atoms with E-state index in [4.69, 9.17) is 0 Å². The Bertz CT molecular complexity index is 1190. The van der Waals surface area contributed by atoms with Crippen molar-refractivity contribution in [1.29, 1.82) is 0 Å². The summed E-state index contributed by atoms with van der Waals surface area (Å²) in [6.07, 6.45) is -0.839. The molecule has 5 nitrogen and oxygen atoms in total. The Kier molecular flexibility index (Phi) is 5.74. The maximum Gasteiger partial charge on any atom is 0.433 e. The third-order valence-electron chi connectivity index (χ3n) is 9.00. The molecule has 0 radical (unpaired) electrons. The Hall–Kier alpha value is -2.85. The van der Waals surface area contributed by atoms with Crippen molar-refractivity contribution in [2.45, 2.75) is 56.8 Å². The van der Waals surface area contributed by atoms with Crippen LogP contribution in [0.4, 0.5) is 31.1 Å². The minimum Gasteiger partial charge on any atom is -0.323 e. The van der Waals surface area contributed by atoms with Gasteiger partial charge in [0.15, 0.2) is 0 Å². The van der Waals surface area contributed by atoms with Crippen molar-refractivity contribution in [3.63, 3.8) is 0 Å². The Morgan fingerprint density at radius 3 is 1.92 bits per heavy atom. The van der Waals surface area contributed by atoms with Crippen molar-refractivity contribution < 1.29 is 31.1 Å². The van der Waals surface area contributed by atoms with E-state index in [1.807, 2.05) is 9.80 Å². The van der Waals surface area contributed by atoms with E-state index in [-0.39, 0.29) is 22.8 Å². The van der Waals surface area contributed by atoms with Crippen LogP contribution in [-0.2, 0) is 18.8 Å². The zero-order valence-electron chi connectivity index (χ0n) is 20.7. The lowest BCUT2D eigenvalue weighted by molar-refractivity contribution is -0.142. The minimum atomic E-state index is -4.44. The Morgan fingerprint density at radius 1 is 0.816 bits per heavy atom. The predicted molar refractivity (Wildman–Crippen MR) is 125 cm³/mol. The molecule has 38 heavy (non-hydrogen) atoms. The van der Waals surface area contributed by atoms with E-state index < -0.39 is 23.7 Å². The molecule has 4 heterocycles. The largest absolute Gasteiger partial charge is 0.433 e. The highest BCUT2D eigenvalue weighted by molar-refractivity contribution is 5.77. The number of aromatic nitrogens is 2. The molecule has 0 aromatic carbocycles. The van der Waals surface area contributed by atoms with E-state index in [9.17, 15) is 31.1 Å². The molecule has 6 rings (SSSR count). The van der Waals surface area contributed by atoms with Gasteiger partial charge in [-0.25, -0.2) is 4.79 Å². The van der Waals surface area contributed by atoms with Gasteiger partial charge in [-0.15, -0.1) is 0 Å². The minimum absolute atomic E-state index is 0.0521. The topological polar surface area (TPSA) is 49.3 Å². The van der Waals surface area contributed by atoms with Gasteiger partial charge in [-0.3, -0.25) is 9.97 Å². The highest BCUT2D eigenvalue weighted by Crippen LogP contribution is 2.57. The van der Waals surface area contributed by atoms with Crippen molar-refractivity contribution >= 4 is 6.03 Å². The van der Waals surface area contributed by atoms with Crippen molar-refractivity contribution in [3.05, 3.63) is 59.2 Å². The number of amides is 2. The van der Waals surface area contributed by atoms with Crippen LogP contribution in [0.1, 0.15) is 60.5 Å². The number of hydrogen-bond donors (Lipinski definition) is 0. The fourth-order valence-corrected chi connectivity index (χ4v) is 7.13. The molecule has 4 fully saturated rings. The quantitative estimate of drug-likeness (QED) is 0.440. The molecule has 2 amide bonds. The van der Waals surface area contributed by atoms with Crippen LogP contribution in [0, 0.1) is 16.7 Å². The van der Waals surface area contributed by atoms with Crippen molar-refractivity contribution in [2.75, 3.05) is 26.2 Å². The van der Waals surface area contributed by atoms with Crippen molar-refractivity contribution in [3.8, 4) is 0 Å². The van der Waals surface area contributed by atoms with E-state index in [1.165, 1.54) is 24.5 Å². The smallest absolute Gasteiger partial charge is 0.323 e. The fraction of sp³-hybridized carbons (Fsp3) is 0.593. The van der Waals surface area contributed by atoms with Crippen LogP contribution >= 0.6 is 0 Å². The number of likely N-dealkylation sites (tertiary alicyclic amines) is 2. The molecule has 2 aliphatic heterocycles. The van der Waals surface area contributed by atoms with Gasteiger partial charge in [0.2, 0.25) is 0 Å². The summed E-state index contributed by atoms with van der Waals surface area (Å²) in [7, 11) is 0. The molecule has 2 aromatic heterocycles. The van der Waals surface area contributed by atoms with E-state index >= 15 is 0 Å². The van der Waals surface area contributed by atoms with Gasteiger partial charge in [0, 0.05) is 49.4 Å². The number of carbonyl (C=O) groups excluding carboxylic acids is 1. The van der Waals surface area contributed by atoms with E-state index in [2.05, 4.69) is 9.97 Å². The first kappa shape index (κ1) is 25.4. The summed E-state index contributed by atoms with van der Waals surface area (Å²) in [5.74, 6) is 0.564. The Balaban J connectivity index is 0.940. The average Bonchev–Trinajstić information content (AvgIpc) is 3.20. The lowest BCUT2D eigenvalue weighted by Crippen LogP contribution is -2.68. The van der Waals surface area contributed by atoms with Crippen molar-refractivity contribution in [1.82, 2.24) is 19.8 Å². The number of hydrogen-bond acceptors (Lipinski definition) is 3. The number of nitrogens with zero attached hydrogens (tertiary/aromatic N) is 4. The van der Waals surface area contributed by atoms with Gasteiger partial charge < -0.3 is 9.80 Å². The standard InChI is InChI=1S/C27H28F6N4O/c28-26(29,30)21-3-1-18(11-34-21)7-17-5-6-24(8-17)13-36(14-24)23(38)37-15-25(16-37)9-20(10-25)19-2-4-22(35-12-19)27(31,32)33/h1-4,11-12,17,20H,5-10,13-16H2. The van der Waals surface area contributed by atoms with Gasteiger partial charge in [-0.1, -0.05) is 12.1 Å². The number of urea groups is 1. The first-order valence-corrected chi connectivity index (χ1v) is 12.9. The SMILES string of the molecule is O=C(N1CC2(CCC(Cc3ccc(C(F)(F)F)nc3)C2)C1)N1CC2(CC(c3ccc(C(F)(F)F)nc3)C2)C1. The van der Waals surface area contributed by atoms with Gasteiger partial charge in [-0.2, -0.15) is 26.3 Å². The maximum atomic E-state index is 13.0. The highest BCUT2D eigenvalue weighted by Gasteiger charge is 2.57. The molecule has 204 valence electrons. The molecule has 1 atom stereocenters. The molecular weight excluding hydrogens is 510 g/mol. The monoisotopic (exact) mass is 538 g/mol. The summed E-state index contributed by atoms with van der Waals surface area (Å²) >= 11 is 0. The van der Waals surface area contributed by atoms with Crippen LogP contribution in [0.2, 0.25) is 0 Å². The van der Waals surface area contributed by atoms with E-state index in [0.29, 0.717) is 25.4 Å². The van der Waals surface area contributed by atoms with Crippen LogP contribution in [0.25, 0.3) is 0 Å². The van der Waals surface area contributed by atoms with Crippen LogP contribution in [0.3, 0.4) is 0 Å².